The van der Waals surface area contributed by atoms with Gasteiger partial charge in [0.05, 0.1) is 17.4 Å². The van der Waals surface area contributed by atoms with E-state index in [1.807, 2.05) is 0 Å². The predicted octanol–water partition coefficient (Wildman–Crippen LogP) is 3.12. The van der Waals surface area contributed by atoms with Gasteiger partial charge in [0, 0.05) is 11.4 Å². The first kappa shape index (κ1) is 16.2. The Hall–Kier alpha value is -1.21. The molecule has 0 radical (unpaired) electrons. The summed E-state index contributed by atoms with van der Waals surface area (Å²) in [5, 5.41) is 5.79. The first-order valence-electron chi connectivity index (χ1n) is 6.78. The van der Waals surface area contributed by atoms with Gasteiger partial charge in [0.25, 0.3) is 0 Å². The van der Waals surface area contributed by atoms with Gasteiger partial charge < -0.3 is 10.6 Å². The van der Waals surface area contributed by atoms with E-state index in [0.29, 0.717) is 11.4 Å². The number of piperidine rings is 1. The van der Waals surface area contributed by atoms with Gasteiger partial charge in [-0.2, -0.15) is 0 Å². The van der Waals surface area contributed by atoms with Gasteiger partial charge in [-0.25, -0.2) is 13.2 Å². The summed E-state index contributed by atoms with van der Waals surface area (Å²) in [5.74, 6) is -1.27. The van der Waals surface area contributed by atoms with Crippen molar-refractivity contribution in [1.82, 2.24) is 5.32 Å². The maximum atomic E-state index is 13.3. The largest absolute Gasteiger partial charge is 0.325 e. The molecule has 0 aromatic heterocycles. The molecule has 1 heterocycles. The molecule has 0 aliphatic carbocycles. The van der Waals surface area contributed by atoms with Crippen LogP contribution in [0.15, 0.2) is 23.1 Å². The van der Waals surface area contributed by atoms with E-state index in [-0.39, 0.29) is 23.3 Å². The smallest absolute Gasteiger partial charge is 0.247 e. The molecule has 7 heteroatoms. The van der Waals surface area contributed by atoms with Gasteiger partial charge in [-0.05, 0) is 37.6 Å². The molecule has 1 unspecified atom stereocenters. The molecule has 21 heavy (non-hydrogen) atoms. The molecule has 1 amide bonds. The monoisotopic (exact) mass is 318 g/mol. The van der Waals surface area contributed by atoms with Crippen molar-refractivity contribution in [2.45, 2.75) is 24.2 Å². The number of anilines is 1. The zero-order valence-electron chi connectivity index (χ0n) is 11.4. The number of benzene rings is 1. The van der Waals surface area contributed by atoms with E-state index in [9.17, 15) is 18.0 Å². The fourth-order valence-corrected chi connectivity index (χ4v) is 2.92. The van der Waals surface area contributed by atoms with Crippen LogP contribution in [0.3, 0.4) is 0 Å². The van der Waals surface area contributed by atoms with Gasteiger partial charge in [0.15, 0.2) is 0 Å². The lowest BCUT2D eigenvalue weighted by Gasteiger charge is -2.22. The average molecular weight is 318 g/mol. The van der Waals surface area contributed by atoms with Crippen molar-refractivity contribution < 1.29 is 18.0 Å². The van der Waals surface area contributed by atoms with E-state index in [4.69, 9.17) is 0 Å². The van der Waals surface area contributed by atoms with E-state index < -0.39 is 12.2 Å². The normalized spacial score (nSPS) is 18.8. The molecule has 1 atom stereocenters. The lowest BCUT2D eigenvalue weighted by molar-refractivity contribution is -0.120. The third-order valence-electron chi connectivity index (χ3n) is 3.23. The number of carbonyl (C=O) groups is 1. The van der Waals surface area contributed by atoms with Crippen molar-refractivity contribution in [2.24, 2.45) is 5.92 Å². The number of hydrogen-bond donors (Lipinski definition) is 2. The molecular weight excluding hydrogens is 301 g/mol. The van der Waals surface area contributed by atoms with E-state index in [1.54, 1.807) is 0 Å². The summed E-state index contributed by atoms with van der Waals surface area (Å²) >= 11 is 0.905. The van der Waals surface area contributed by atoms with Crippen molar-refractivity contribution in [1.29, 1.82) is 0 Å². The summed E-state index contributed by atoms with van der Waals surface area (Å²) in [5.41, 5.74) is 0.260. The quantitative estimate of drug-likeness (QED) is 0.820. The highest BCUT2D eigenvalue weighted by atomic mass is 32.2. The first-order valence-corrected chi connectivity index (χ1v) is 7.77. The van der Waals surface area contributed by atoms with Crippen molar-refractivity contribution in [3.8, 4) is 0 Å². The standard InChI is InChI=1S/C14H17F3N2OS/c15-10-3-4-12(21-8-13(16)17)11(6-10)19-14(20)9-2-1-5-18-7-9/h3-4,6,9,13,18H,1-2,5,7-8H2,(H,19,20). The van der Waals surface area contributed by atoms with Gasteiger partial charge in [0.1, 0.15) is 5.82 Å². The fourth-order valence-electron chi connectivity index (χ4n) is 2.19. The van der Waals surface area contributed by atoms with Gasteiger partial charge in [-0.3, -0.25) is 4.79 Å². The highest BCUT2D eigenvalue weighted by Gasteiger charge is 2.22. The molecule has 1 aliphatic heterocycles. The summed E-state index contributed by atoms with van der Waals surface area (Å²) < 4.78 is 37.9. The first-order chi connectivity index (χ1) is 10.1. The van der Waals surface area contributed by atoms with E-state index in [1.165, 1.54) is 18.2 Å². The topological polar surface area (TPSA) is 41.1 Å². The minimum Gasteiger partial charge on any atom is -0.325 e. The molecule has 1 aliphatic rings. The van der Waals surface area contributed by atoms with Crippen molar-refractivity contribution in [3.63, 3.8) is 0 Å². The Morgan fingerprint density at radius 1 is 1.48 bits per heavy atom. The Morgan fingerprint density at radius 2 is 2.29 bits per heavy atom. The second-order valence-electron chi connectivity index (χ2n) is 4.88. The van der Waals surface area contributed by atoms with Crippen LogP contribution in [0.5, 0.6) is 0 Å². The Balaban J connectivity index is 2.06. The number of nitrogens with one attached hydrogen (secondary N) is 2. The van der Waals surface area contributed by atoms with Crippen molar-refractivity contribution >= 4 is 23.4 Å². The molecule has 0 saturated carbocycles. The number of thioether (sulfide) groups is 1. The Bertz CT molecular complexity index is 493. The lowest BCUT2D eigenvalue weighted by atomic mass is 9.99. The van der Waals surface area contributed by atoms with Crippen molar-refractivity contribution in [2.75, 3.05) is 24.2 Å². The van der Waals surface area contributed by atoms with Crippen LogP contribution in [0.1, 0.15) is 12.8 Å². The zero-order valence-corrected chi connectivity index (χ0v) is 12.2. The summed E-state index contributed by atoms with van der Waals surface area (Å²) in [7, 11) is 0. The molecule has 1 aromatic carbocycles. The molecule has 1 fully saturated rings. The number of hydrogen-bond acceptors (Lipinski definition) is 3. The number of amides is 1. The molecule has 116 valence electrons. The fraction of sp³-hybridized carbons (Fsp3) is 0.500. The Kier molecular flexibility index (Phi) is 5.93. The average Bonchev–Trinajstić information content (AvgIpc) is 2.47. The molecule has 0 bridgehead atoms. The Labute approximate surface area is 125 Å². The van der Waals surface area contributed by atoms with Crippen LogP contribution < -0.4 is 10.6 Å². The molecule has 1 saturated heterocycles. The maximum Gasteiger partial charge on any atom is 0.247 e. The minimum absolute atomic E-state index is 0.171. The molecule has 1 aromatic rings. The van der Waals surface area contributed by atoms with Crippen LogP contribution in [0, 0.1) is 11.7 Å². The second-order valence-corrected chi connectivity index (χ2v) is 5.94. The van der Waals surface area contributed by atoms with Crippen LogP contribution in [-0.2, 0) is 4.79 Å². The summed E-state index contributed by atoms with van der Waals surface area (Å²) in [6.45, 7) is 1.47. The van der Waals surface area contributed by atoms with Crippen LogP contribution in [0.4, 0.5) is 18.9 Å². The molecular formula is C14H17F3N2OS. The minimum atomic E-state index is -2.45. The van der Waals surface area contributed by atoms with Gasteiger partial charge >= 0.3 is 0 Å². The van der Waals surface area contributed by atoms with E-state index in [0.717, 1.165) is 31.1 Å². The summed E-state index contributed by atoms with van der Waals surface area (Å²) in [6, 6.07) is 3.78. The summed E-state index contributed by atoms with van der Waals surface area (Å²) in [6.07, 6.45) is -0.770. The van der Waals surface area contributed by atoms with Gasteiger partial charge in [0.2, 0.25) is 12.3 Å². The predicted molar refractivity (Wildman–Crippen MR) is 77.4 cm³/mol. The molecule has 2 N–H and O–H groups in total. The molecule has 3 nitrogen and oxygen atoms in total. The lowest BCUT2D eigenvalue weighted by Crippen LogP contribution is -2.37. The van der Waals surface area contributed by atoms with Gasteiger partial charge in [-0.15, -0.1) is 11.8 Å². The van der Waals surface area contributed by atoms with Crippen LogP contribution in [0.2, 0.25) is 0 Å². The molecule has 2 rings (SSSR count). The van der Waals surface area contributed by atoms with Crippen LogP contribution in [0.25, 0.3) is 0 Å². The van der Waals surface area contributed by atoms with Gasteiger partial charge in [-0.1, -0.05) is 0 Å². The number of rotatable bonds is 5. The van der Waals surface area contributed by atoms with Crippen LogP contribution >= 0.6 is 11.8 Å². The number of alkyl halides is 2. The number of carbonyl (C=O) groups excluding carboxylic acids is 1. The third kappa shape index (κ3) is 4.93. The van der Waals surface area contributed by atoms with Crippen molar-refractivity contribution in [3.05, 3.63) is 24.0 Å². The molecule has 0 spiro atoms. The highest BCUT2D eigenvalue weighted by Crippen LogP contribution is 2.30. The summed E-state index contributed by atoms with van der Waals surface area (Å²) in [4.78, 5) is 12.6. The maximum absolute atomic E-state index is 13.3. The zero-order chi connectivity index (χ0) is 15.2. The second kappa shape index (κ2) is 7.70. The third-order valence-corrected chi connectivity index (χ3v) is 4.32. The van der Waals surface area contributed by atoms with E-state index in [2.05, 4.69) is 10.6 Å². The number of halogens is 3. The highest BCUT2D eigenvalue weighted by molar-refractivity contribution is 7.99. The van der Waals surface area contributed by atoms with E-state index >= 15 is 0 Å². The van der Waals surface area contributed by atoms with Crippen LogP contribution in [-0.4, -0.2) is 31.2 Å². The Morgan fingerprint density at radius 3 is 2.95 bits per heavy atom. The SMILES string of the molecule is O=C(Nc1cc(F)ccc1SCC(F)F)C1CCCNC1.